The molecule has 5 nitrogen and oxygen atoms in total. The van der Waals surface area contributed by atoms with Gasteiger partial charge < -0.3 is 4.74 Å². The van der Waals surface area contributed by atoms with Crippen molar-refractivity contribution >= 4 is 34.8 Å². The number of carbonyl (C=O) groups excluding carboxylic acids is 3. The van der Waals surface area contributed by atoms with Gasteiger partial charge in [-0.1, -0.05) is 31.2 Å². The van der Waals surface area contributed by atoms with E-state index in [0.29, 0.717) is 22.7 Å². The summed E-state index contributed by atoms with van der Waals surface area (Å²) < 4.78 is 5.38. The monoisotopic (exact) mass is 367 g/mol. The first-order valence-corrected chi connectivity index (χ1v) is 9.34. The number of fused-ring (bicyclic) bond motifs is 1. The Morgan fingerprint density at radius 1 is 1.19 bits per heavy atom. The smallest absolute Gasteiger partial charge is 0.353 e. The van der Waals surface area contributed by atoms with Gasteiger partial charge in [0.05, 0.1) is 17.5 Å². The van der Waals surface area contributed by atoms with Crippen LogP contribution in [0.3, 0.4) is 0 Å². The number of hydrogen-bond acceptors (Lipinski definition) is 5. The maximum absolute atomic E-state index is 12.8. The lowest BCUT2D eigenvalue weighted by atomic mass is 9.78. The molecule has 132 valence electrons. The predicted molar refractivity (Wildman–Crippen MR) is 98.1 cm³/mol. The minimum atomic E-state index is -0.456. The molecule has 26 heavy (non-hydrogen) atoms. The second-order valence-electron chi connectivity index (χ2n) is 6.53. The molecule has 2 heterocycles. The minimum absolute atomic E-state index is 0.0371. The standard InChI is InChI=1S/C20H17NO4S/c1-12-5-2-8-15-17(12)19(23)21(18(15)22)13-6-3-7-14(11-13)25-20(24)16-9-4-10-26-16/h2-7,9-12,15,17H,8H2,1H3/t12-,15-,17-/m1/s1. The van der Waals surface area contributed by atoms with Crippen LogP contribution in [0.15, 0.2) is 53.9 Å². The number of imide groups is 1. The van der Waals surface area contributed by atoms with Crippen LogP contribution in [-0.2, 0) is 9.59 Å². The van der Waals surface area contributed by atoms with Gasteiger partial charge >= 0.3 is 5.97 Å². The third kappa shape index (κ3) is 2.76. The molecule has 2 aromatic rings. The number of amides is 2. The predicted octanol–water partition coefficient (Wildman–Crippen LogP) is 3.67. The second kappa shape index (κ2) is 6.53. The average molecular weight is 367 g/mol. The molecule has 1 aromatic carbocycles. The first-order valence-electron chi connectivity index (χ1n) is 8.46. The Labute approximate surface area is 154 Å². The van der Waals surface area contributed by atoms with Gasteiger partial charge in [0, 0.05) is 6.07 Å². The fraction of sp³-hybridized carbons (Fsp3) is 0.250. The van der Waals surface area contributed by atoms with E-state index in [2.05, 4.69) is 0 Å². The average Bonchev–Trinajstić information content (AvgIpc) is 3.24. The van der Waals surface area contributed by atoms with Gasteiger partial charge in [0.15, 0.2) is 0 Å². The molecule has 1 aliphatic carbocycles. The topological polar surface area (TPSA) is 63.7 Å². The summed E-state index contributed by atoms with van der Waals surface area (Å²) in [4.78, 5) is 39.5. The van der Waals surface area contributed by atoms with Crippen LogP contribution in [0.2, 0.25) is 0 Å². The van der Waals surface area contributed by atoms with Crippen LogP contribution in [0, 0.1) is 17.8 Å². The number of ether oxygens (including phenoxy) is 1. The molecule has 3 atom stereocenters. The molecule has 2 amide bonds. The Hall–Kier alpha value is -2.73. The zero-order valence-electron chi connectivity index (χ0n) is 14.1. The van der Waals surface area contributed by atoms with Crippen molar-refractivity contribution in [2.75, 3.05) is 4.90 Å². The van der Waals surface area contributed by atoms with Gasteiger partial charge in [0.25, 0.3) is 0 Å². The summed E-state index contributed by atoms with van der Waals surface area (Å²) in [5.74, 6) is -1.10. The van der Waals surface area contributed by atoms with Crippen LogP contribution in [0.25, 0.3) is 0 Å². The van der Waals surface area contributed by atoms with E-state index in [-0.39, 0.29) is 29.6 Å². The minimum Gasteiger partial charge on any atom is -0.422 e. The fourth-order valence-corrected chi connectivity index (χ4v) is 4.24. The molecule has 0 N–H and O–H groups in total. The second-order valence-corrected chi connectivity index (χ2v) is 7.48. The zero-order chi connectivity index (χ0) is 18.3. The summed E-state index contributed by atoms with van der Waals surface area (Å²) in [6.45, 7) is 1.96. The molecule has 2 aliphatic rings. The number of carbonyl (C=O) groups is 3. The van der Waals surface area contributed by atoms with Crippen molar-refractivity contribution in [2.24, 2.45) is 17.8 Å². The van der Waals surface area contributed by atoms with Gasteiger partial charge in [-0.15, -0.1) is 11.3 Å². The molecule has 1 saturated heterocycles. The van der Waals surface area contributed by atoms with Gasteiger partial charge in [-0.25, -0.2) is 9.69 Å². The van der Waals surface area contributed by atoms with E-state index >= 15 is 0 Å². The number of nitrogens with zero attached hydrogens (tertiary/aromatic N) is 1. The summed E-state index contributed by atoms with van der Waals surface area (Å²) >= 11 is 1.29. The Bertz CT molecular complexity index is 902. The quantitative estimate of drug-likeness (QED) is 0.359. The molecule has 4 rings (SSSR count). The summed E-state index contributed by atoms with van der Waals surface area (Å²) in [5, 5.41) is 1.80. The van der Waals surface area contributed by atoms with E-state index in [4.69, 9.17) is 4.74 Å². The Morgan fingerprint density at radius 3 is 2.77 bits per heavy atom. The molecule has 6 heteroatoms. The number of allylic oxidation sites excluding steroid dienone is 2. The molecule has 1 aromatic heterocycles. The van der Waals surface area contributed by atoms with E-state index in [9.17, 15) is 14.4 Å². The molecule has 0 saturated carbocycles. The van der Waals surface area contributed by atoms with E-state index < -0.39 is 5.97 Å². The molecule has 1 aliphatic heterocycles. The number of benzene rings is 1. The fourth-order valence-electron chi connectivity index (χ4n) is 3.64. The summed E-state index contributed by atoms with van der Waals surface area (Å²) in [6, 6.07) is 10.0. The van der Waals surface area contributed by atoms with Crippen LogP contribution >= 0.6 is 11.3 Å². The van der Waals surface area contributed by atoms with Crippen LogP contribution in [-0.4, -0.2) is 17.8 Å². The van der Waals surface area contributed by atoms with Crippen molar-refractivity contribution in [3.8, 4) is 5.75 Å². The van der Waals surface area contributed by atoms with Gasteiger partial charge in [0.1, 0.15) is 10.6 Å². The number of thiophene rings is 1. The number of rotatable bonds is 3. The highest BCUT2D eigenvalue weighted by Gasteiger charge is 2.50. The van der Waals surface area contributed by atoms with Gasteiger partial charge in [0.2, 0.25) is 11.8 Å². The number of anilines is 1. The van der Waals surface area contributed by atoms with Crippen molar-refractivity contribution in [3.63, 3.8) is 0 Å². The third-order valence-electron chi connectivity index (χ3n) is 4.88. The van der Waals surface area contributed by atoms with E-state index in [1.807, 2.05) is 19.1 Å². The Balaban J connectivity index is 1.60. The third-order valence-corrected chi connectivity index (χ3v) is 5.73. The molecule has 1 fully saturated rings. The zero-order valence-corrected chi connectivity index (χ0v) is 14.9. The van der Waals surface area contributed by atoms with Crippen molar-refractivity contribution in [1.29, 1.82) is 0 Å². The number of esters is 1. The number of hydrogen-bond donors (Lipinski definition) is 0. The molecule has 0 unspecified atom stereocenters. The normalized spacial score (nSPS) is 24.7. The Kier molecular flexibility index (Phi) is 4.20. The van der Waals surface area contributed by atoms with Crippen LogP contribution in [0.5, 0.6) is 5.75 Å². The lowest BCUT2D eigenvalue weighted by Gasteiger charge is -2.22. The molecule has 0 radical (unpaired) electrons. The van der Waals surface area contributed by atoms with Crippen molar-refractivity contribution in [2.45, 2.75) is 13.3 Å². The summed E-state index contributed by atoms with van der Waals surface area (Å²) in [5.41, 5.74) is 0.443. The highest BCUT2D eigenvalue weighted by atomic mass is 32.1. The van der Waals surface area contributed by atoms with Gasteiger partial charge in [-0.05, 0) is 35.9 Å². The molecular formula is C20H17NO4S. The molecule has 0 spiro atoms. The SMILES string of the molecule is C[C@@H]1C=CC[C@H]2C(=O)N(c3cccc(OC(=O)c4cccs4)c3)C(=O)[C@H]12. The van der Waals surface area contributed by atoms with E-state index in [1.54, 1.807) is 41.8 Å². The van der Waals surface area contributed by atoms with Crippen molar-refractivity contribution < 1.29 is 19.1 Å². The summed E-state index contributed by atoms with van der Waals surface area (Å²) in [6.07, 6.45) is 4.55. The van der Waals surface area contributed by atoms with E-state index in [1.165, 1.54) is 16.2 Å². The highest BCUT2D eigenvalue weighted by molar-refractivity contribution is 7.12. The largest absolute Gasteiger partial charge is 0.422 e. The van der Waals surface area contributed by atoms with E-state index in [0.717, 1.165) is 0 Å². The highest BCUT2D eigenvalue weighted by Crippen LogP contribution is 2.40. The van der Waals surface area contributed by atoms with Crippen molar-refractivity contribution in [1.82, 2.24) is 0 Å². The van der Waals surface area contributed by atoms with Gasteiger partial charge in [-0.2, -0.15) is 0 Å². The lowest BCUT2D eigenvalue weighted by molar-refractivity contribution is -0.122. The lowest BCUT2D eigenvalue weighted by Crippen LogP contribution is -2.31. The van der Waals surface area contributed by atoms with Crippen LogP contribution < -0.4 is 9.64 Å². The van der Waals surface area contributed by atoms with Crippen LogP contribution in [0.4, 0.5) is 5.69 Å². The molecular weight excluding hydrogens is 350 g/mol. The first kappa shape index (κ1) is 16.7. The maximum Gasteiger partial charge on any atom is 0.353 e. The van der Waals surface area contributed by atoms with Gasteiger partial charge in [-0.3, -0.25) is 9.59 Å². The van der Waals surface area contributed by atoms with Crippen molar-refractivity contribution in [3.05, 3.63) is 58.8 Å². The summed E-state index contributed by atoms with van der Waals surface area (Å²) in [7, 11) is 0. The Morgan fingerprint density at radius 2 is 2.04 bits per heavy atom. The first-order chi connectivity index (χ1) is 12.6. The molecule has 0 bridgehead atoms. The maximum atomic E-state index is 12.8. The van der Waals surface area contributed by atoms with Crippen LogP contribution in [0.1, 0.15) is 23.0 Å².